The van der Waals surface area contributed by atoms with Crippen molar-refractivity contribution < 1.29 is 19.4 Å². The number of amides is 1. The van der Waals surface area contributed by atoms with Gasteiger partial charge in [-0.05, 0) is 31.6 Å². The molecule has 0 heterocycles. The van der Waals surface area contributed by atoms with Gasteiger partial charge in [-0.3, -0.25) is 9.59 Å². The summed E-state index contributed by atoms with van der Waals surface area (Å²) in [5.74, 6) is -1.26. The van der Waals surface area contributed by atoms with Crippen LogP contribution in [0.2, 0.25) is 0 Å². The van der Waals surface area contributed by atoms with E-state index >= 15 is 0 Å². The highest BCUT2D eigenvalue weighted by Gasteiger charge is 2.33. The SMILES string of the molecule is COCCCC(N)C(=O)NCC1CCCC1C(=O)O. The van der Waals surface area contributed by atoms with E-state index in [1.807, 2.05) is 0 Å². The average Bonchev–Trinajstić information content (AvgIpc) is 2.84. The Bertz CT molecular complexity index is 309. The molecule has 1 amide bonds. The number of carbonyl (C=O) groups excluding carboxylic acids is 1. The highest BCUT2D eigenvalue weighted by atomic mass is 16.5. The van der Waals surface area contributed by atoms with Gasteiger partial charge in [0.25, 0.3) is 0 Å². The van der Waals surface area contributed by atoms with Crippen molar-refractivity contribution in [3.8, 4) is 0 Å². The number of nitrogens with two attached hydrogens (primary N) is 1. The number of carbonyl (C=O) groups is 2. The van der Waals surface area contributed by atoms with E-state index in [9.17, 15) is 9.59 Å². The van der Waals surface area contributed by atoms with Crippen molar-refractivity contribution in [3.05, 3.63) is 0 Å². The van der Waals surface area contributed by atoms with Gasteiger partial charge < -0.3 is 20.9 Å². The second kappa shape index (κ2) is 8.12. The van der Waals surface area contributed by atoms with E-state index in [2.05, 4.69) is 5.32 Å². The molecule has 1 fully saturated rings. The van der Waals surface area contributed by atoms with Crippen LogP contribution in [0.25, 0.3) is 0 Å². The van der Waals surface area contributed by atoms with Gasteiger partial charge >= 0.3 is 5.97 Å². The third kappa shape index (κ3) is 5.16. The fraction of sp³-hybridized carbons (Fsp3) is 0.846. The first-order valence-electron chi connectivity index (χ1n) is 6.81. The molecule has 19 heavy (non-hydrogen) atoms. The van der Waals surface area contributed by atoms with Crippen molar-refractivity contribution >= 4 is 11.9 Å². The van der Waals surface area contributed by atoms with Crippen molar-refractivity contribution in [3.63, 3.8) is 0 Å². The number of hydrogen-bond donors (Lipinski definition) is 3. The number of aliphatic carboxylic acids is 1. The molecule has 1 rings (SSSR count). The third-order valence-electron chi connectivity index (χ3n) is 3.72. The lowest BCUT2D eigenvalue weighted by Gasteiger charge is -2.18. The van der Waals surface area contributed by atoms with Crippen LogP contribution in [0.5, 0.6) is 0 Å². The maximum atomic E-state index is 11.7. The Labute approximate surface area is 113 Å². The topological polar surface area (TPSA) is 102 Å². The lowest BCUT2D eigenvalue weighted by Crippen LogP contribution is -2.43. The Kier molecular flexibility index (Phi) is 6.80. The second-order valence-corrected chi connectivity index (χ2v) is 5.12. The number of nitrogens with one attached hydrogen (secondary N) is 1. The molecule has 0 saturated heterocycles. The Morgan fingerprint density at radius 3 is 2.84 bits per heavy atom. The normalized spacial score (nSPS) is 24.1. The standard InChI is InChI=1S/C13H24N2O4/c1-19-7-3-6-11(14)12(16)15-8-9-4-2-5-10(9)13(17)18/h9-11H,2-8,14H2,1H3,(H,15,16)(H,17,18). The van der Waals surface area contributed by atoms with Crippen LogP contribution < -0.4 is 11.1 Å². The van der Waals surface area contributed by atoms with E-state index in [0.29, 0.717) is 26.0 Å². The van der Waals surface area contributed by atoms with Gasteiger partial charge in [0.1, 0.15) is 0 Å². The van der Waals surface area contributed by atoms with Gasteiger partial charge in [0, 0.05) is 20.3 Å². The second-order valence-electron chi connectivity index (χ2n) is 5.12. The van der Waals surface area contributed by atoms with E-state index in [0.717, 1.165) is 19.3 Å². The molecule has 0 radical (unpaired) electrons. The first kappa shape index (κ1) is 15.9. The Hall–Kier alpha value is -1.14. The zero-order valence-electron chi connectivity index (χ0n) is 11.4. The predicted molar refractivity (Wildman–Crippen MR) is 70.6 cm³/mol. The van der Waals surface area contributed by atoms with Crippen molar-refractivity contribution in [1.82, 2.24) is 5.32 Å². The monoisotopic (exact) mass is 272 g/mol. The Morgan fingerprint density at radius 2 is 2.21 bits per heavy atom. The average molecular weight is 272 g/mol. The summed E-state index contributed by atoms with van der Waals surface area (Å²) in [6.45, 7) is 0.998. The highest BCUT2D eigenvalue weighted by molar-refractivity contribution is 5.81. The maximum absolute atomic E-state index is 11.7. The molecule has 0 aromatic heterocycles. The summed E-state index contributed by atoms with van der Waals surface area (Å²) in [6.07, 6.45) is 3.79. The lowest BCUT2D eigenvalue weighted by atomic mass is 9.96. The van der Waals surface area contributed by atoms with Gasteiger partial charge in [-0.25, -0.2) is 0 Å². The summed E-state index contributed by atoms with van der Waals surface area (Å²) in [5, 5.41) is 11.8. The molecule has 1 saturated carbocycles. The van der Waals surface area contributed by atoms with Crippen LogP contribution in [-0.4, -0.2) is 43.3 Å². The minimum absolute atomic E-state index is 0.0348. The number of methoxy groups -OCH3 is 1. The predicted octanol–water partition coefficient (Wildman–Crippen LogP) is 0.357. The smallest absolute Gasteiger partial charge is 0.306 e. The Balaban J connectivity index is 2.27. The fourth-order valence-electron chi connectivity index (χ4n) is 2.55. The van der Waals surface area contributed by atoms with E-state index < -0.39 is 12.0 Å². The molecule has 6 heteroatoms. The zero-order valence-corrected chi connectivity index (χ0v) is 11.4. The minimum atomic E-state index is -0.763. The van der Waals surface area contributed by atoms with E-state index in [-0.39, 0.29) is 17.7 Å². The summed E-state index contributed by atoms with van der Waals surface area (Å²) in [4.78, 5) is 22.8. The van der Waals surface area contributed by atoms with Gasteiger partial charge in [0.15, 0.2) is 0 Å². The molecule has 1 aliphatic carbocycles. The third-order valence-corrected chi connectivity index (χ3v) is 3.72. The summed E-state index contributed by atoms with van der Waals surface area (Å²) in [5.41, 5.74) is 5.75. The number of carboxylic acid groups (broad SMARTS) is 1. The molecule has 0 spiro atoms. The molecule has 6 nitrogen and oxygen atoms in total. The van der Waals surface area contributed by atoms with Gasteiger partial charge in [-0.2, -0.15) is 0 Å². The maximum Gasteiger partial charge on any atom is 0.306 e. The van der Waals surface area contributed by atoms with Gasteiger partial charge in [0.2, 0.25) is 5.91 Å². The first-order valence-corrected chi connectivity index (χ1v) is 6.81. The molecule has 0 aromatic rings. The number of hydrogen-bond acceptors (Lipinski definition) is 4. The molecule has 4 N–H and O–H groups in total. The lowest BCUT2D eigenvalue weighted by molar-refractivity contribution is -0.143. The summed E-state index contributed by atoms with van der Waals surface area (Å²) in [7, 11) is 1.61. The van der Waals surface area contributed by atoms with Crippen LogP contribution in [0.1, 0.15) is 32.1 Å². The number of rotatable bonds is 8. The Morgan fingerprint density at radius 1 is 1.47 bits per heavy atom. The van der Waals surface area contributed by atoms with Crippen LogP contribution >= 0.6 is 0 Å². The molecular formula is C13H24N2O4. The van der Waals surface area contributed by atoms with E-state index in [1.165, 1.54) is 0 Å². The van der Waals surface area contributed by atoms with Crippen LogP contribution in [0, 0.1) is 11.8 Å². The van der Waals surface area contributed by atoms with Crippen LogP contribution in [-0.2, 0) is 14.3 Å². The molecule has 0 aromatic carbocycles. The van der Waals surface area contributed by atoms with Crippen molar-refractivity contribution in [2.45, 2.75) is 38.1 Å². The zero-order chi connectivity index (χ0) is 14.3. The summed E-state index contributed by atoms with van der Waals surface area (Å²) in [6, 6.07) is -0.542. The molecular weight excluding hydrogens is 248 g/mol. The number of carboxylic acids is 1. The van der Waals surface area contributed by atoms with Crippen molar-refractivity contribution in [2.75, 3.05) is 20.3 Å². The molecule has 1 aliphatic rings. The van der Waals surface area contributed by atoms with Crippen molar-refractivity contribution in [1.29, 1.82) is 0 Å². The van der Waals surface area contributed by atoms with E-state index in [1.54, 1.807) is 7.11 Å². The van der Waals surface area contributed by atoms with Gasteiger partial charge in [-0.15, -0.1) is 0 Å². The summed E-state index contributed by atoms with van der Waals surface area (Å²) < 4.78 is 4.90. The van der Waals surface area contributed by atoms with Crippen LogP contribution in [0.4, 0.5) is 0 Å². The van der Waals surface area contributed by atoms with E-state index in [4.69, 9.17) is 15.6 Å². The molecule has 3 atom stereocenters. The van der Waals surface area contributed by atoms with Crippen molar-refractivity contribution in [2.24, 2.45) is 17.6 Å². The quantitative estimate of drug-likeness (QED) is 0.554. The molecule has 110 valence electrons. The largest absolute Gasteiger partial charge is 0.481 e. The fourth-order valence-corrected chi connectivity index (χ4v) is 2.55. The molecule has 0 bridgehead atoms. The first-order chi connectivity index (χ1) is 9.06. The molecule has 3 unspecified atom stereocenters. The minimum Gasteiger partial charge on any atom is -0.481 e. The van der Waals surface area contributed by atoms with Gasteiger partial charge in [-0.1, -0.05) is 6.42 Å². The van der Waals surface area contributed by atoms with Gasteiger partial charge in [0.05, 0.1) is 12.0 Å². The van der Waals surface area contributed by atoms with Crippen LogP contribution in [0.3, 0.4) is 0 Å². The highest BCUT2D eigenvalue weighted by Crippen LogP contribution is 2.31. The van der Waals surface area contributed by atoms with Crippen LogP contribution in [0.15, 0.2) is 0 Å². The summed E-state index contributed by atoms with van der Waals surface area (Å²) >= 11 is 0. The number of ether oxygens (including phenoxy) is 1. The molecule has 0 aliphatic heterocycles.